The van der Waals surface area contributed by atoms with Crippen molar-refractivity contribution in [2.45, 2.75) is 19.3 Å². The zero-order valence-electron chi connectivity index (χ0n) is 15.5. The standard InChI is InChI=1S/C21H25ClN4O/c22-18-5-4-6-19(14-18)25-9-11-26(12-10-25)21(27)17-13-20(16-23-15-17)24-7-2-1-3-8-24/h4-6,13-16H,1-3,7-12H2. The van der Waals surface area contributed by atoms with Crippen molar-refractivity contribution in [2.75, 3.05) is 49.1 Å². The van der Waals surface area contributed by atoms with Gasteiger partial charge in [-0.3, -0.25) is 9.78 Å². The van der Waals surface area contributed by atoms with Crippen molar-refractivity contribution in [2.24, 2.45) is 0 Å². The highest BCUT2D eigenvalue weighted by Crippen LogP contribution is 2.23. The second-order valence-electron chi connectivity index (χ2n) is 7.24. The van der Waals surface area contributed by atoms with Crippen LogP contribution in [0.1, 0.15) is 29.6 Å². The van der Waals surface area contributed by atoms with Crippen LogP contribution in [0.15, 0.2) is 42.7 Å². The summed E-state index contributed by atoms with van der Waals surface area (Å²) in [5.41, 5.74) is 2.87. The van der Waals surface area contributed by atoms with E-state index in [1.807, 2.05) is 35.4 Å². The van der Waals surface area contributed by atoms with E-state index in [-0.39, 0.29) is 5.91 Å². The van der Waals surface area contributed by atoms with Crippen LogP contribution in [0.3, 0.4) is 0 Å². The predicted octanol–water partition coefficient (Wildman–Crippen LogP) is 3.69. The molecule has 0 saturated carbocycles. The summed E-state index contributed by atoms with van der Waals surface area (Å²) in [6, 6.07) is 9.89. The molecule has 5 nitrogen and oxygen atoms in total. The van der Waals surface area contributed by atoms with E-state index in [9.17, 15) is 4.79 Å². The Hall–Kier alpha value is -2.27. The third kappa shape index (κ3) is 4.19. The Labute approximate surface area is 165 Å². The van der Waals surface area contributed by atoms with Crippen LogP contribution in [0.4, 0.5) is 11.4 Å². The first-order chi connectivity index (χ1) is 13.2. The van der Waals surface area contributed by atoms with Crippen LogP contribution in [-0.2, 0) is 0 Å². The van der Waals surface area contributed by atoms with Gasteiger partial charge in [0.2, 0.25) is 0 Å². The van der Waals surface area contributed by atoms with Crippen molar-refractivity contribution in [3.63, 3.8) is 0 Å². The maximum Gasteiger partial charge on any atom is 0.255 e. The molecule has 0 bridgehead atoms. The molecule has 0 atom stereocenters. The molecule has 1 amide bonds. The van der Waals surface area contributed by atoms with E-state index in [1.165, 1.54) is 19.3 Å². The molecule has 2 saturated heterocycles. The fourth-order valence-corrected chi connectivity index (χ4v) is 4.08. The number of benzene rings is 1. The van der Waals surface area contributed by atoms with E-state index in [2.05, 4.69) is 20.9 Å². The number of nitrogens with zero attached hydrogens (tertiary/aromatic N) is 4. The van der Waals surface area contributed by atoms with Crippen molar-refractivity contribution >= 4 is 28.9 Å². The zero-order valence-corrected chi connectivity index (χ0v) is 16.2. The quantitative estimate of drug-likeness (QED) is 0.809. The van der Waals surface area contributed by atoms with Gasteiger partial charge in [0, 0.05) is 56.2 Å². The van der Waals surface area contributed by atoms with Gasteiger partial charge in [-0.1, -0.05) is 17.7 Å². The number of halogens is 1. The normalized spacial score (nSPS) is 17.9. The minimum absolute atomic E-state index is 0.0760. The van der Waals surface area contributed by atoms with Gasteiger partial charge < -0.3 is 14.7 Å². The van der Waals surface area contributed by atoms with E-state index >= 15 is 0 Å². The highest BCUT2D eigenvalue weighted by atomic mass is 35.5. The summed E-state index contributed by atoms with van der Waals surface area (Å²) in [5.74, 6) is 0.0760. The molecule has 3 heterocycles. The van der Waals surface area contributed by atoms with Gasteiger partial charge in [-0.2, -0.15) is 0 Å². The van der Waals surface area contributed by atoms with Gasteiger partial charge in [0.1, 0.15) is 0 Å². The highest BCUT2D eigenvalue weighted by molar-refractivity contribution is 6.30. The summed E-state index contributed by atoms with van der Waals surface area (Å²) in [6.45, 7) is 5.14. The summed E-state index contributed by atoms with van der Waals surface area (Å²) in [7, 11) is 0. The summed E-state index contributed by atoms with van der Waals surface area (Å²) in [5, 5.41) is 0.742. The highest BCUT2D eigenvalue weighted by Gasteiger charge is 2.23. The number of hydrogen-bond acceptors (Lipinski definition) is 4. The Bertz CT molecular complexity index is 798. The van der Waals surface area contributed by atoms with Crippen LogP contribution in [0.25, 0.3) is 0 Å². The largest absolute Gasteiger partial charge is 0.370 e. The lowest BCUT2D eigenvalue weighted by molar-refractivity contribution is 0.0746. The Morgan fingerprint density at radius 2 is 1.59 bits per heavy atom. The fraction of sp³-hybridized carbons (Fsp3) is 0.429. The number of aromatic nitrogens is 1. The number of anilines is 2. The molecular weight excluding hydrogens is 360 g/mol. The van der Waals surface area contributed by atoms with Gasteiger partial charge in [-0.15, -0.1) is 0 Å². The van der Waals surface area contributed by atoms with E-state index in [4.69, 9.17) is 11.6 Å². The fourth-order valence-electron chi connectivity index (χ4n) is 3.89. The topological polar surface area (TPSA) is 39.7 Å². The van der Waals surface area contributed by atoms with Gasteiger partial charge >= 0.3 is 0 Å². The molecule has 0 radical (unpaired) electrons. The molecule has 0 N–H and O–H groups in total. The maximum absolute atomic E-state index is 13.0. The predicted molar refractivity (Wildman–Crippen MR) is 110 cm³/mol. The van der Waals surface area contributed by atoms with Crippen LogP contribution in [0.2, 0.25) is 5.02 Å². The second kappa shape index (κ2) is 8.17. The molecule has 6 heteroatoms. The average Bonchev–Trinajstić information content (AvgIpc) is 2.74. The second-order valence-corrected chi connectivity index (χ2v) is 7.68. The van der Waals surface area contributed by atoms with E-state index < -0.39 is 0 Å². The number of amides is 1. The molecule has 0 aliphatic carbocycles. The summed E-state index contributed by atoms with van der Waals surface area (Å²) >= 11 is 6.10. The molecule has 2 aliphatic rings. The van der Waals surface area contributed by atoms with Crippen molar-refractivity contribution in [3.05, 3.63) is 53.3 Å². The first-order valence-electron chi connectivity index (χ1n) is 9.70. The van der Waals surface area contributed by atoms with Crippen molar-refractivity contribution in [3.8, 4) is 0 Å². The third-order valence-electron chi connectivity index (χ3n) is 5.43. The molecule has 2 aromatic rings. The monoisotopic (exact) mass is 384 g/mol. The molecule has 0 spiro atoms. The first kappa shape index (κ1) is 18.1. The minimum Gasteiger partial charge on any atom is -0.370 e. The van der Waals surface area contributed by atoms with E-state index in [1.54, 1.807) is 6.20 Å². The summed E-state index contributed by atoms with van der Waals surface area (Å²) < 4.78 is 0. The van der Waals surface area contributed by atoms with Crippen LogP contribution in [0.5, 0.6) is 0 Å². The van der Waals surface area contributed by atoms with Gasteiger partial charge in [0.15, 0.2) is 0 Å². The van der Waals surface area contributed by atoms with Gasteiger partial charge in [0.25, 0.3) is 5.91 Å². The molecule has 142 valence electrons. The van der Waals surface area contributed by atoms with Crippen LogP contribution in [-0.4, -0.2) is 55.1 Å². The Morgan fingerprint density at radius 3 is 2.33 bits per heavy atom. The Kier molecular flexibility index (Phi) is 5.48. The lowest BCUT2D eigenvalue weighted by atomic mass is 10.1. The number of piperidine rings is 1. The Balaban J connectivity index is 1.40. The molecule has 2 fully saturated rings. The smallest absolute Gasteiger partial charge is 0.255 e. The summed E-state index contributed by atoms with van der Waals surface area (Å²) in [4.78, 5) is 23.8. The number of pyridine rings is 1. The van der Waals surface area contributed by atoms with Crippen LogP contribution < -0.4 is 9.80 Å². The molecule has 27 heavy (non-hydrogen) atoms. The molecule has 1 aromatic heterocycles. The van der Waals surface area contributed by atoms with Gasteiger partial charge in [-0.05, 0) is 43.5 Å². The number of carbonyl (C=O) groups excluding carboxylic acids is 1. The average molecular weight is 385 g/mol. The van der Waals surface area contributed by atoms with E-state index in [0.29, 0.717) is 18.7 Å². The number of rotatable bonds is 3. The molecular formula is C21H25ClN4O. The molecule has 0 unspecified atom stereocenters. The molecule has 4 rings (SSSR count). The number of hydrogen-bond donors (Lipinski definition) is 0. The van der Waals surface area contributed by atoms with Crippen molar-refractivity contribution in [1.82, 2.24) is 9.88 Å². The van der Waals surface area contributed by atoms with E-state index in [0.717, 1.165) is 42.6 Å². The lowest BCUT2D eigenvalue weighted by Crippen LogP contribution is -2.48. The van der Waals surface area contributed by atoms with Crippen LogP contribution in [0, 0.1) is 0 Å². The summed E-state index contributed by atoms with van der Waals surface area (Å²) in [6.07, 6.45) is 7.28. The maximum atomic E-state index is 13.0. The SMILES string of the molecule is O=C(c1cncc(N2CCCCC2)c1)N1CCN(c2cccc(Cl)c2)CC1. The van der Waals surface area contributed by atoms with Crippen molar-refractivity contribution in [1.29, 1.82) is 0 Å². The molecule has 1 aromatic carbocycles. The lowest BCUT2D eigenvalue weighted by Gasteiger charge is -2.36. The van der Waals surface area contributed by atoms with Gasteiger partial charge in [0.05, 0.1) is 17.4 Å². The molecule has 2 aliphatic heterocycles. The van der Waals surface area contributed by atoms with Gasteiger partial charge in [-0.25, -0.2) is 0 Å². The van der Waals surface area contributed by atoms with Crippen LogP contribution >= 0.6 is 11.6 Å². The number of carbonyl (C=O) groups is 1. The Morgan fingerprint density at radius 1 is 0.852 bits per heavy atom. The third-order valence-corrected chi connectivity index (χ3v) is 5.67. The minimum atomic E-state index is 0.0760. The first-order valence-corrected chi connectivity index (χ1v) is 10.1. The zero-order chi connectivity index (χ0) is 18.6. The number of piperazine rings is 1. The van der Waals surface area contributed by atoms with Crippen molar-refractivity contribution < 1.29 is 4.79 Å².